The predicted octanol–water partition coefficient (Wildman–Crippen LogP) is 2.75. The molecule has 0 aliphatic carbocycles. The van der Waals surface area contributed by atoms with Crippen molar-refractivity contribution in [2.24, 2.45) is 5.73 Å². The normalized spacial score (nSPS) is 19.1. The van der Waals surface area contributed by atoms with Crippen LogP contribution < -0.4 is 10.6 Å². The molecule has 20 heavy (non-hydrogen) atoms. The summed E-state index contributed by atoms with van der Waals surface area (Å²) in [7, 11) is 0. The Labute approximate surface area is 117 Å². The average molecular weight is 281 g/mol. The summed E-state index contributed by atoms with van der Waals surface area (Å²) in [5.41, 5.74) is 6.43. The van der Waals surface area contributed by atoms with Crippen LogP contribution in [0.15, 0.2) is 12.1 Å². The zero-order valence-electron chi connectivity index (χ0n) is 11.6. The van der Waals surface area contributed by atoms with E-state index in [0.717, 1.165) is 38.3 Å². The van der Waals surface area contributed by atoms with E-state index in [4.69, 9.17) is 5.73 Å². The van der Waals surface area contributed by atoms with E-state index in [1.165, 1.54) is 0 Å². The summed E-state index contributed by atoms with van der Waals surface area (Å²) < 4.78 is 13.6. The van der Waals surface area contributed by atoms with Gasteiger partial charge in [0.25, 0.3) is 5.69 Å². The monoisotopic (exact) mass is 281 g/mol. The van der Waals surface area contributed by atoms with Crippen molar-refractivity contribution in [2.45, 2.75) is 38.6 Å². The molecule has 1 aliphatic heterocycles. The van der Waals surface area contributed by atoms with E-state index < -0.39 is 10.7 Å². The summed E-state index contributed by atoms with van der Waals surface area (Å²) in [6, 6.07) is 2.82. The molecule has 1 fully saturated rings. The molecule has 5 nitrogen and oxygen atoms in total. The zero-order chi connectivity index (χ0) is 14.7. The van der Waals surface area contributed by atoms with Crippen LogP contribution in [0, 0.1) is 22.9 Å². The van der Waals surface area contributed by atoms with Gasteiger partial charge in [0.1, 0.15) is 11.5 Å². The average Bonchev–Trinajstić information content (AvgIpc) is 2.42. The summed E-state index contributed by atoms with van der Waals surface area (Å²) in [4.78, 5) is 12.7. The van der Waals surface area contributed by atoms with Gasteiger partial charge in [0, 0.05) is 12.6 Å². The number of nitro benzene ring substituents is 1. The van der Waals surface area contributed by atoms with Crippen LogP contribution in [0.3, 0.4) is 0 Å². The molecule has 2 rings (SSSR count). The Bertz CT molecular complexity index is 505. The van der Waals surface area contributed by atoms with E-state index in [9.17, 15) is 14.5 Å². The first-order chi connectivity index (χ1) is 9.54. The van der Waals surface area contributed by atoms with Gasteiger partial charge in [-0.3, -0.25) is 10.1 Å². The molecular formula is C14H20FN3O2. The summed E-state index contributed by atoms with van der Waals surface area (Å²) in [5.74, 6) is -0.534. The van der Waals surface area contributed by atoms with Crippen LogP contribution >= 0.6 is 0 Å². The molecule has 1 aromatic rings. The lowest BCUT2D eigenvalue weighted by molar-refractivity contribution is -0.384. The molecule has 0 radical (unpaired) electrons. The van der Waals surface area contributed by atoms with E-state index in [-0.39, 0.29) is 11.7 Å². The van der Waals surface area contributed by atoms with Gasteiger partial charge in [0.2, 0.25) is 0 Å². The quantitative estimate of drug-likeness (QED) is 0.680. The van der Waals surface area contributed by atoms with Gasteiger partial charge in [0.15, 0.2) is 0 Å². The number of hydrogen-bond acceptors (Lipinski definition) is 4. The second-order valence-electron chi connectivity index (χ2n) is 5.27. The highest BCUT2D eigenvalue weighted by Crippen LogP contribution is 2.35. The molecule has 0 aromatic heterocycles. The minimum absolute atomic E-state index is 0.156. The van der Waals surface area contributed by atoms with E-state index in [2.05, 4.69) is 0 Å². The molecule has 0 saturated carbocycles. The molecule has 1 aromatic carbocycles. The number of nitrogens with two attached hydrogens (primary N) is 1. The predicted molar refractivity (Wildman–Crippen MR) is 76.4 cm³/mol. The zero-order valence-corrected chi connectivity index (χ0v) is 11.6. The van der Waals surface area contributed by atoms with E-state index in [1.807, 2.05) is 4.90 Å². The highest BCUT2D eigenvalue weighted by molar-refractivity contribution is 5.65. The third-order valence-corrected chi connectivity index (χ3v) is 3.89. The Morgan fingerprint density at radius 2 is 2.25 bits per heavy atom. The minimum atomic E-state index is -0.534. The molecule has 2 N–H and O–H groups in total. The maximum Gasteiger partial charge on any atom is 0.295 e. The fraction of sp³-hybridized carbons (Fsp3) is 0.571. The van der Waals surface area contributed by atoms with Crippen LogP contribution in [0.25, 0.3) is 0 Å². The SMILES string of the molecule is Cc1cc(N2CCCCC2CCN)c([N+](=O)[O-])cc1F. The highest BCUT2D eigenvalue weighted by Gasteiger charge is 2.28. The number of benzene rings is 1. The summed E-state index contributed by atoms with van der Waals surface area (Å²) in [6.07, 6.45) is 3.88. The number of hydrogen-bond donors (Lipinski definition) is 1. The Morgan fingerprint density at radius 3 is 2.90 bits per heavy atom. The summed E-state index contributed by atoms with van der Waals surface area (Å²) in [5, 5.41) is 11.2. The topological polar surface area (TPSA) is 72.4 Å². The molecule has 0 amide bonds. The summed E-state index contributed by atoms with van der Waals surface area (Å²) in [6.45, 7) is 2.94. The number of nitro groups is 1. The van der Waals surface area contributed by atoms with Crippen molar-refractivity contribution >= 4 is 11.4 Å². The van der Waals surface area contributed by atoms with Crippen molar-refractivity contribution < 1.29 is 9.31 Å². The van der Waals surface area contributed by atoms with E-state index >= 15 is 0 Å². The molecule has 110 valence electrons. The molecule has 1 heterocycles. The van der Waals surface area contributed by atoms with Crippen molar-refractivity contribution in [2.75, 3.05) is 18.0 Å². The van der Waals surface area contributed by atoms with E-state index in [1.54, 1.807) is 13.0 Å². The first-order valence-corrected chi connectivity index (χ1v) is 6.96. The second-order valence-corrected chi connectivity index (χ2v) is 5.27. The minimum Gasteiger partial charge on any atom is -0.363 e. The number of rotatable bonds is 4. The molecule has 1 unspecified atom stereocenters. The standard InChI is InChI=1S/C14H20FN3O2/c1-10-8-13(14(18(19)20)9-12(10)15)17-7-3-2-4-11(17)5-6-16/h8-9,11H,2-7,16H2,1H3. The van der Waals surface area contributed by atoms with Crippen LogP contribution in [-0.2, 0) is 0 Å². The largest absolute Gasteiger partial charge is 0.363 e. The van der Waals surface area contributed by atoms with Crippen molar-refractivity contribution in [1.82, 2.24) is 0 Å². The van der Waals surface area contributed by atoms with Crippen molar-refractivity contribution in [3.05, 3.63) is 33.6 Å². The third kappa shape index (κ3) is 2.90. The number of aryl methyl sites for hydroxylation is 1. The lowest BCUT2D eigenvalue weighted by Crippen LogP contribution is -2.41. The van der Waals surface area contributed by atoms with Gasteiger partial charge in [-0.05, 0) is 50.8 Å². The lowest BCUT2D eigenvalue weighted by Gasteiger charge is -2.37. The van der Waals surface area contributed by atoms with Gasteiger partial charge < -0.3 is 10.6 Å². The molecular weight excluding hydrogens is 261 g/mol. The Kier molecular flexibility index (Phi) is 4.54. The molecule has 6 heteroatoms. The van der Waals surface area contributed by atoms with Gasteiger partial charge in [-0.15, -0.1) is 0 Å². The smallest absolute Gasteiger partial charge is 0.295 e. The Balaban J connectivity index is 2.43. The molecule has 0 spiro atoms. The third-order valence-electron chi connectivity index (χ3n) is 3.89. The number of halogens is 1. The van der Waals surface area contributed by atoms with Crippen LogP contribution in [0.1, 0.15) is 31.2 Å². The van der Waals surface area contributed by atoms with Crippen LogP contribution in [0.2, 0.25) is 0 Å². The van der Waals surface area contributed by atoms with Crippen LogP contribution in [0.5, 0.6) is 0 Å². The van der Waals surface area contributed by atoms with Crippen molar-refractivity contribution in [3.8, 4) is 0 Å². The first-order valence-electron chi connectivity index (χ1n) is 6.96. The maximum absolute atomic E-state index is 13.6. The fourth-order valence-electron chi connectivity index (χ4n) is 2.84. The van der Waals surface area contributed by atoms with Gasteiger partial charge in [0.05, 0.1) is 11.0 Å². The van der Waals surface area contributed by atoms with E-state index in [0.29, 0.717) is 17.8 Å². The number of piperidine rings is 1. The first kappa shape index (κ1) is 14.7. The van der Waals surface area contributed by atoms with Gasteiger partial charge in [-0.25, -0.2) is 4.39 Å². The maximum atomic E-state index is 13.6. The Morgan fingerprint density at radius 1 is 1.50 bits per heavy atom. The molecule has 1 saturated heterocycles. The molecule has 1 atom stereocenters. The van der Waals surface area contributed by atoms with Gasteiger partial charge in [-0.1, -0.05) is 0 Å². The number of anilines is 1. The number of nitrogens with zero attached hydrogens (tertiary/aromatic N) is 2. The lowest BCUT2D eigenvalue weighted by atomic mass is 9.97. The van der Waals surface area contributed by atoms with Crippen LogP contribution in [-0.4, -0.2) is 24.1 Å². The molecule has 1 aliphatic rings. The van der Waals surface area contributed by atoms with Crippen molar-refractivity contribution in [1.29, 1.82) is 0 Å². The van der Waals surface area contributed by atoms with Gasteiger partial charge in [-0.2, -0.15) is 0 Å². The second kappa shape index (κ2) is 6.17. The van der Waals surface area contributed by atoms with Crippen LogP contribution in [0.4, 0.5) is 15.8 Å². The molecule has 0 bridgehead atoms. The highest BCUT2D eigenvalue weighted by atomic mass is 19.1. The van der Waals surface area contributed by atoms with Crippen molar-refractivity contribution in [3.63, 3.8) is 0 Å². The summed E-state index contributed by atoms with van der Waals surface area (Å²) >= 11 is 0. The van der Waals surface area contributed by atoms with Gasteiger partial charge >= 0.3 is 0 Å². The Hall–Kier alpha value is -1.69. The fourth-order valence-corrected chi connectivity index (χ4v) is 2.84.